The van der Waals surface area contributed by atoms with Crippen molar-refractivity contribution in [2.24, 2.45) is 5.92 Å². The van der Waals surface area contributed by atoms with Crippen LogP contribution in [0.2, 0.25) is 0 Å². The number of amides is 2. The van der Waals surface area contributed by atoms with Crippen LogP contribution in [-0.2, 0) is 4.79 Å². The number of carboxylic acids is 1. The lowest BCUT2D eigenvalue weighted by atomic mass is 10.1. The van der Waals surface area contributed by atoms with E-state index in [-0.39, 0.29) is 24.4 Å². The lowest BCUT2D eigenvalue weighted by Crippen LogP contribution is -2.48. The average Bonchev–Trinajstić information content (AvgIpc) is 2.59. The van der Waals surface area contributed by atoms with Gasteiger partial charge in [0.15, 0.2) is 0 Å². The number of nitrogens with one attached hydrogen (secondary N) is 2. The zero-order valence-corrected chi connectivity index (χ0v) is 12.1. The Labute approximate surface area is 119 Å². The van der Waals surface area contributed by atoms with Crippen LogP contribution in [0.4, 0.5) is 4.79 Å². The number of aliphatic hydroxyl groups is 1. The molecule has 0 bridgehead atoms. The van der Waals surface area contributed by atoms with Crippen LogP contribution in [-0.4, -0.2) is 40.9 Å². The molecule has 116 valence electrons. The molecule has 0 aromatic carbocycles. The van der Waals surface area contributed by atoms with Crippen molar-refractivity contribution in [2.45, 2.75) is 64.0 Å². The van der Waals surface area contributed by atoms with Crippen LogP contribution in [0.25, 0.3) is 0 Å². The van der Waals surface area contributed by atoms with Crippen LogP contribution in [0.1, 0.15) is 51.9 Å². The number of rotatable bonds is 6. The van der Waals surface area contributed by atoms with Crippen molar-refractivity contribution < 1.29 is 19.8 Å². The van der Waals surface area contributed by atoms with Gasteiger partial charge in [0, 0.05) is 13.0 Å². The van der Waals surface area contributed by atoms with Crippen molar-refractivity contribution in [3.05, 3.63) is 0 Å². The molecular weight excluding hydrogens is 260 g/mol. The number of aliphatic hydroxyl groups excluding tert-OH is 1. The predicted octanol–water partition coefficient (Wildman–Crippen LogP) is 1.48. The van der Waals surface area contributed by atoms with Crippen molar-refractivity contribution in [1.29, 1.82) is 0 Å². The molecule has 6 nitrogen and oxygen atoms in total. The van der Waals surface area contributed by atoms with Gasteiger partial charge in [-0.2, -0.15) is 0 Å². The first kappa shape index (κ1) is 16.8. The van der Waals surface area contributed by atoms with Gasteiger partial charge in [-0.1, -0.05) is 26.2 Å². The number of hydrogen-bond acceptors (Lipinski definition) is 3. The summed E-state index contributed by atoms with van der Waals surface area (Å²) < 4.78 is 0. The van der Waals surface area contributed by atoms with Crippen molar-refractivity contribution >= 4 is 12.0 Å². The lowest BCUT2D eigenvalue weighted by Gasteiger charge is -2.22. The van der Waals surface area contributed by atoms with Crippen LogP contribution in [0.5, 0.6) is 0 Å². The molecule has 1 saturated carbocycles. The number of carboxylic acid groups (broad SMARTS) is 1. The van der Waals surface area contributed by atoms with Crippen molar-refractivity contribution in [2.75, 3.05) is 6.54 Å². The minimum absolute atomic E-state index is 0.117. The Morgan fingerprint density at radius 3 is 2.65 bits per heavy atom. The first-order valence-electron chi connectivity index (χ1n) is 7.43. The van der Waals surface area contributed by atoms with Crippen LogP contribution in [0.3, 0.4) is 0 Å². The topological polar surface area (TPSA) is 98.7 Å². The molecule has 0 aliphatic heterocycles. The molecule has 0 spiro atoms. The highest BCUT2D eigenvalue weighted by Crippen LogP contribution is 2.17. The van der Waals surface area contributed by atoms with E-state index in [4.69, 9.17) is 5.11 Å². The van der Waals surface area contributed by atoms with E-state index >= 15 is 0 Å². The molecular formula is C14H26N2O4. The van der Waals surface area contributed by atoms with Crippen LogP contribution >= 0.6 is 0 Å². The summed E-state index contributed by atoms with van der Waals surface area (Å²) in [6.45, 7) is 2.35. The SMILES string of the molecule is CC(CCC(=O)O)CNC(=O)NC1CCCCCC1O. The molecule has 1 aliphatic carbocycles. The third-order valence-electron chi connectivity index (χ3n) is 3.76. The normalized spacial score (nSPS) is 24.5. The first-order valence-corrected chi connectivity index (χ1v) is 7.43. The third kappa shape index (κ3) is 6.75. The van der Waals surface area contributed by atoms with E-state index < -0.39 is 12.1 Å². The summed E-state index contributed by atoms with van der Waals surface area (Å²) in [4.78, 5) is 22.2. The maximum atomic E-state index is 11.8. The van der Waals surface area contributed by atoms with Gasteiger partial charge >= 0.3 is 12.0 Å². The molecule has 0 radical (unpaired) electrons. The Morgan fingerprint density at radius 1 is 1.25 bits per heavy atom. The quantitative estimate of drug-likeness (QED) is 0.556. The zero-order valence-electron chi connectivity index (χ0n) is 12.1. The number of aliphatic carboxylic acids is 1. The fourth-order valence-electron chi connectivity index (χ4n) is 2.41. The Morgan fingerprint density at radius 2 is 1.95 bits per heavy atom. The Bertz CT molecular complexity index is 322. The third-order valence-corrected chi connectivity index (χ3v) is 3.76. The summed E-state index contributed by atoms with van der Waals surface area (Å²) >= 11 is 0. The van der Waals surface area contributed by atoms with Crippen molar-refractivity contribution in [3.8, 4) is 0 Å². The Balaban J connectivity index is 2.23. The van der Waals surface area contributed by atoms with Crippen molar-refractivity contribution in [1.82, 2.24) is 10.6 Å². The van der Waals surface area contributed by atoms with E-state index in [0.717, 1.165) is 32.1 Å². The molecule has 0 heterocycles. The van der Waals surface area contributed by atoms with E-state index in [1.54, 1.807) is 0 Å². The van der Waals surface area contributed by atoms with Crippen LogP contribution < -0.4 is 10.6 Å². The van der Waals surface area contributed by atoms with E-state index in [0.29, 0.717) is 13.0 Å². The van der Waals surface area contributed by atoms with Gasteiger partial charge in [0.1, 0.15) is 0 Å². The van der Waals surface area contributed by atoms with Crippen LogP contribution in [0.15, 0.2) is 0 Å². The fourth-order valence-corrected chi connectivity index (χ4v) is 2.41. The fraction of sp³-hybridized carbons (Fsp3) is 0.857. The van der Waals surface area contributed by atoms with Gasteiger partial charge < -0.3 is 20.8 Å². The minimum atomic E-state index is -0.817. The largest absolute Gasteiger partial charge is 0.481 e. The van der Waals surface area contributed by atoms with E-state index in [1.807, 2.05) is 6.92 Å². The minimum Gasteiger partial charge on any atom is -0.481 e. The van der Waals surface area contributed by atoms with E-state index in [1.165, 1.54) is 0 Å². The van der Waals surface area contributed by atoms with Gasteiger partial charge in [-0.15, -0.1) is 0 Å². The summed E-state index contributed by atoms with van der Waals surface area (Å²) in [5.41, 5.74) is 0. The molecule has 0 aromatic rings. The lowest BCUT2D eigenvalue weighted by molar-refractivity contribution is -0.137. The summed E-state index contributed by atoms with van der Waals surface area (Å²) in [5, 5.41) is 24.1. The van der Waals surface area contributed by atoms with E-state index in [2.05, 4.69) is 10.6 Å². The van der Waals surface area contributed by atoms with Gasteiger partial charge in [0.05, 0.1) is 12.1 Å². The second kappa shape index (κ2) is 8.79. The van der Waals surface area contributed by atoms with Crippen molar-refractivity contribution in [3.63, 3.8) is 0 Å². The summed E-state index contributed by atoms with van der Waals surface area (Å²) in [7, 11) is 0. The number of carbonyl (C=O) groups excluding carboxylic acids is 1. The number of carbonyl (C=O) groups is 2. The average molecular weight is 286 g/mol. The zero-order chi connectivity index (χ0) is 15.0. The second-order valence-electron chi connectivity index (χ2n) is 5.70. The maximum Gasteiger partial charge on any atom is 0.315 e. The standard InChI is InChI=1S/C14H26N2O4/c1-10(7-8-13(18)19)9-15-14(20)16-11-5-3-2-4-6-12(11)17/h10-12,17H,2-9H2,1H3,(H,18,19)(H2,15,16,20). The molecule has 4 N–H and O–H groups in total. The molecule has 6 heteroatoms. The van der Waals surface area contributed by atoms with Crippen LogP contribution in [0, 0.1) is 5.92 Å². The van der Waals surface area contributed by atoms with Gasteiger partial charge in [-0.05, 0) is 25.2 Å². The van der Waals surface area contributed by atoms with Gasteiger partial charge in [-0.25, -0.2) is 4.79 Å². The molecule has 1 aliphatic rings. The molecule has 1 rings (SSSR count). The molecule has 0 saturated heterocycles. The monoisotopic (exact) mass is 286 g/mol. The summed E-state index contributed by atoms with van der Waals surface area (Å²) in [6.07, 6.45) is 4.87. The maximum absolute atomic E-state index is 11.8. The molecule has 3 atom stereocenters. The predicted molar refractivity (Wildman–Crippen MR) is 75.4 cm³/mol. The molecule has 20 heavy (non-hydrogen) atoms. The molecule has 0 aromatic heterocycles. The highest BCUT2D eigenvalue weighted by atomic mass is 16.4. The van der Waals surface area contributed by atoms with Gasteiger partial charge in [-0.3, -0.25) is 4.79 Å². The summed E-state index contributed by atoms with van der Waals surface area (Å²) in [5.74, 6) is -0.696. The van der Waals surface area contributed by atoms with E-state index in [9.17, 15) is 14.7 Å². The Kier molecular flexibility index (Phi) is 7.36. The van der Waals surface area contributed by atoms with Gasteiger partial charge in [0.2, 0.25) is 0 Å². The first-order chi connectivity index (χ1) is 9.49. The molecule has 3 unspecified atom stereocenters. The summed E-state index contributed by atoms with van der Waals surface area (Å²) in [6, 6.07) is -0.454. The molecule has 1 fully saturated rings. The molecule has 2 amide bonds. The number of urea groups is 1. The smallest absolute Gasteiger partial charge is 0.315 e. The highest BCUT2D eigenvalue weighted by Gasteiger charge is 2.23. The Hall–Kier alpha value is -1.30. The second-order valence-corrected chi connectivity index (χ2v) is 5.70. The van der Waals surface area contributed by atoms with Gasteiger partial charge in [0.25, 0.3) is 0 Å². The highest BCUT2D eigenvalue weighted by molar-refractivity contribution is 5.74. The number of hydrogen-bond donors (Lipinski definition) is 4.